The maximum absolute atomic E-state index is 11.3. The fraction of sp³-hybridized carbons (Fsp3) is 0.400. The van der Waals surface area contributed by atoms with Crippen LogP contribution >= 0.6 is 0 Å². The summed E-state index contributed by atoms with van der Waals surface area (Å²) >= 11 is 0. The van der Waals surface area contributed by atoms with Gasteiger partial charge in [-0.1, -0.05) is 5.92 Å². The summed E-state index contributed by atoms with van der Waals surface area (Å²) < 4.78 is 0. The second-order valence-corrected chi connectivity index (χ2v) is 3.07. The van der Waals surface area contributed by atoms with Gasteiger partial charge in [0, 0.05) is 12.4 Å². The molecule has 1 amide bonds. The van der Waals surface area contributed by atoms with E-state index < -0.39 is 0 Å². The number of rotatable bonds is 5. The number of imidazole rings is 1. The van der Waals surface area contributed by atoms with Gasteiger partial charge in [0.1, 0.15) is 5.82 Å². The summed E-state index contributed by atoms with van der Waals surface area (Å²) in [5.41, 5.74) is 0. The highest BCUT2D eigenvalue weighted by Crippen LogP contribution is 2.03. The van der Waals surface area contributed by atoms with Gasteiger partial charge in [-0.2, -0.15) is 0 Å². The van der Waals surface area contributed by atoms with Gasteiger partial charge < -0.3 is 10.3 Å². The Balaban J connectivity index is 2.29. The molecule has 0 fully saturated rings. The molecule has 1 unspecified atom stereocenters. The highest BCUT2D eigenvalue weighted by atomic mass is 16.1. The van der Waals surface area contributed by atoms with Crippen molar-refractivity contribution in [1.29, 1.82) is 0 Å². The third-order valence-corrected chi connectivity index (χ3v) is 1.82. The molecule has 5 heteroatoms. The Hall–Kier alpha value is -1.80. The molecule has 0 radical (unpaired) electrons. The first-order chi connectivity index (χ1) is 7.24. The molecule has 1 aromatic rings. The first-order valence-corrected chi connectivity index (χ1v) is 4.67. The summed E-state index contributed by atoms with van der Waals surface area (Å²) in [6, 6.07) is -0.125. The highest BCUT2D eigenvalue weighted by Gasteiger charge is 2.10. The van der Waals surface area contributed by atoms with Gasteiger partial charge in [0.05, 0.1) is 19.1 Å². The predicted octanol–water partition coefficient (Wildman–Crippen LogP) is -0.190. The highest BCUT2D eigenvalue weighted by molar-refractivity contribution is 5.78. The molecule has 1 atom stereocenters. The zero-order valence-corrected chi connectivity index (χ0v) is 8.58. The number of aromatic amines is 1. The van der Waals surface area contributed by atoms with E-state index >= 15 is 0 Å². The van der Waals surface area contributed by atoms with Crippen molar-refractivity contribution < 1.29 is 4.79 Å². The van der Waals surface area contributed by atoms with Crippen molar-refractivity contribution in [3.8, 4) is 12.3 Å². The van der Waals surface area contributed by atoms with Crippen molar-refractivity contribution in [3.63, 3.8) is 0 Å². The minimum absolute atomic E-state index is 0.103. The number of nitrogens with zero attached hydrogens (tertiary/aromatic N) is 1. The Bertz CT molecular complexity index is 339. The number of hydrogen-bond donors (Lipinski definition) is 3. The van der Waals surface area contributed by atoms with Gasteiger partial charge in [0.2, 0.25) is 5.91 Å². The molecule has 0 saturated carbocycles. The van der Waals surface area contributed by atoms with E-state index in [2.05, 4.69) is 26.5 Å². The van der Waals surface area contributed by atoms with Crippen LogP contribution in [0.3, 0.4) is 0 Å². The second kappa shape index (κ2) is 5.83. The first kappa shape index (κ1) is 11.3. The lowest BCUT2D eigenvalue weighted by Gasteiger charge is -2.11. The number of amides is 1. The van der Waals surface area contributed by atoms with Gasteiger partial charge >= 0.3 is 0 Å². The molecule has 1 aromatic heterocycles. The topological polar surface area (TPSA) is 69.8 Å². The average Bonchev–Trinajstić information content (AvgIpc) is 2.70. The zero-order chi connectivity index (χ0) is 11.1. The van der Waals surface area contributed by atoms with Crippen LogP contribution in [0.5, 0.6) is 0 Å². The van der Waals surface area contributed by atoms with Crippen LogP contribution in [0.25, 0.3) is 0 Å². The van der Waals surface area contributed by atoms with Crippen LogP contribution < -0.4 is 10.6 Å². The number of carbonyl (C=O) groups excluding carboxylic acids is 1. The van der Waals surface area contributed by atoms with Crippen molar-refractivity contribution in [3.05, 3.63) is 18.2 Å². The number of H-pyrrole nitrogens is 1. The van der Waals surface area contributed by atoms with Crippen LogP contribution in [0.4, 0.5) is 0 Å². The van der Waals surface area contributed by atoms with Crippen molar-refractivity contribution in [2.45, 2.75) is 13.0 Å². The Labute approximate surface area is 88.7 Å². The third kappa shape index (κ3) is 3.83. The SMILES string of the molecule is C#CCNCC(=O)NC(C)c1ncc[nH]1. The minimum atomic E-state index is -0.125. The Kier molecular flexibility index (Phi) is 4.38. The van der Waals surface area contributed by atoms with Crippen LogP contribution in [-0.4, -0.2) is 29.0 Å². The molecular formula is C10H14N4O. The van der Waals surface area contributed by atoms with E-state index in [0.717, 1.165) is 5.82 Å². The minimum Gasteiger partial charge on any atom is -0.347 e. The molecule has 0 aliphatic heterocycles. The maximum atomic E-state index is 11.3. The van der Waals surface area contributed by atoms with Crippen LogP contribution in [0, 0.1) is 12.3 Å². The summed E-state index contributed by atoms with van der Waals surface area (Å²) in [6.45, 7) is 2.47. The first-order valence-electron chi connectivity index (χ1n) is 4.67. The van der Waals surface area contributed by atoms with E-state index in [4.69, 9.17) is 6.42 Å². The fourth-order valence-electron chi connectivity index (χ4n) is 1.12. The smallest absolute Gasteiger partial charge is 0.234 e. The lowest BCUT2D eigenvalue weighted by Crippen LogP contribution is -2.35. The van der Waals surface area contributed by atoms with E-state index in [-0.39, 0.29) is 18.5 Å². The van der Waals surface area contributed by atoms with Crippen molar-refractivity contribution >= 4 is 5.91 Å². The normalized spacial score (nSPS) is 11.7. The number of carbonyl (C=O) groups is 1. The van der Waals surface area contributed by atoms with Crippen LogP contribution in [0.1, 0.15) is 18.8 Å². The quantitative estimate of drug-likeness (QED) is 0.462. The van der Waals surface area contributed by atoms with Crippen LogP contribution in [-0.2, 0) is 4.79 Å². The van der Waals surface area contributed by atoms with E-state index in [1.165, 1.54) is 0 Å². The summed E-state index contributed by atoms with van der Waals surface area (Å²) in [7, 11) is 0. The maximum Gasteiger partial charge on any atom is 0.234 e. The zero-order valence-electron chi connectivity index (χ0n) is 8.58. The Morgan fingerprint density at radius 1 is 1.80 bits per heavy atom. The summed E-state index contributed by atoms with van der Waals surface area (Å²) in [5, 5.41) is 5.58. The third-order valence-electron chi connectivity index (χ3n) is 1.82. The molecule has 0 saturated heterocycles. The second-order valence-electron chi connectivity index (χ2n) is 3.07. The number of terminal acetylenes is 1. The van der Waals surface area contributed by atoms with E-state index in [1.807, 2.05) is 6.92 Å². The van der Waals surface area contributed by atoms with E-state index in [9.17, 15) is 4.79 Å². The lowest BCUT2D eigenvalue weighted by molar-refractivity contribution is -0.120. The molecule has 15 heavy (non-hydrogen) atoms. The van der Waals surface area contributed by atoms with Crippen LogP contribution in [0.15, 0.2) is 12.4 Å². The monoisotopic (exact) mass is 206 g/mol. The van der Waals surface area contributed by atoms with Crippen molar-refractivity contribution in [2.24, 2.45) is 0 Å². The standard InChI is InChI=1S/C10H14N4O/c1-3-4-11-7-9(15)14-8(2)10-12-5-6-13-10/h1,5-6,8,11H,4,7H2,2H3,(H,12,13)(H,14,15). The van der Waals surface area contributed by atoms with Gasteiger partial charge in [0.25, 0.3) is 0 Å². The summed E-state index contributed by atoms with van der Waals surface area (Å²) in [5.74, 6) is 3.03. The van der Waals surface area contributed by atoms with Crippen molar-refractivity contribution in [2.75, 3.05) is 13.1 Å². The number of nitrogens with one attached hydrogen (secondary N) is 3. The van der Waals surface area contributed by atoms with E-state index in [0.29, 0.717) is 6.54 Å². The Morgan fingerprint density at radius 2 is 2.60 bits per heavy atom. The summed E-state index contributed by atoms with van der Waals surface area (Å²) in [4.78, 5) is 18.3. The van der Waals surface area contributed by atoms with Gasteiger partial charge in [-0.3, -0.25) is 10.1 Å². The van der Waals surface area contributed by atoms with Gasteiger partial charge in [0.15, 0.2) is 0 Å². The van der Waals surface area contributed by atoms with E-state index in [1.54, 1.807) is 12.4 Å². The molecule has 0 aliphatic rings. The van der Waals surface area contributed by atoms with Crippen molar-refractivity contribution in [1.82, 2.24) is 20.6 Å². The number of aromatic nitrogens is 2. The molecule has 5 nitrogen and oxygen atoms in total. The molecule has 1 rings (SSSR count). The molecule has 0 bridgehead atoms. The van der Waals surface area contributed by atoms with Gasteiger partial charge in [-0.25, -0.2) is 4.98 Å². The van der Waals surface area contributed by atoms with Crippen LogP contribution in [0.2, 0.25) is 0 Å². The molecule has 0 spiro atoms. The summed E-state index contributed by atoms with van der Waals surface area (Å²) in [6.07, 6.45) is 8.40. The lowest BCUT2D eigenvalue weighted by atomic mass is 10.3. The molecule has 3 N–H and O–H groups in total. The molecular weight excluding hydrogens is 192 g/mol. The fourth-order valence-corrected chi connectivity index (χ4v) is 1.12. The molecule has 0 aromatic carbocycles. The average molecular weight is 206 g/mol. The Morgan fingerprint density at radius 3 is 3.20 bits per heavy atom. The molecule has 1 heterocycles. The molecule has 80 valence electrons. The molecule has 0 aliphatic carbocycles. The van der Waals surface area contributed by atoms with Gasteiger partial charge in [-0.05, 0) is 6.92 Å². The largest absolute Gasteiger partial charge is 0.347 e. The van der Waals surface area contributed by atoms with Gasteiger partial charge in [-0.15, -0.1) is 6.42 Å². The number of hydrogen-bond acceptors (Lipinski definition) is 3. The predicted molar refractivity (Wildman–Crippen MR) is 56.8 cm³/mol.